The average Bonchev–Trinajstić information content (AvgIpc) is 2.49. The minimum absolute atomic E-state index is 0.308. The Balaban J connectivity index is 1.83. The molecule has 0 heterocycles. The Labute approximate surface area is 130 Å². The number of alkyl halides is 1. The van der Waals surface area contributed by atoms with Crippen molar-refractivity contribution in [2.24, 2.45) is 0 Å². The van der Waals surface area contributed by atoms with E-state index in [0.717, 1.165) is 19.4 Å². The summed E-state index contributed by atoms with van der Waals surface area (Å²) in [5.41, 5.74) is 2.54. The fourth-order valence-corrected chi connectivity index (χ4v) is 2.78. The van der Waals surface area contributed by atoms with E-state index in [9.17, 15) is 0 Å². The highest BCUT2D eigenvalue weighted by Crippen LogP contribution is 2.34. The van der Waals surface area contributed by atoms with E-state index in [1.54, 1.807) is 0 Å². The lowest BCUT2D eigenvalue weighted by Gasteiger charge is -2.26. The predicted molar refractivity (Wildman–Crippen MR) is 89.9 cm³/mol. The summed E-state index contributed by atoms with van der Waals surface area (Å²) in [5.74, 6) is 0. The summed E-state index contributed by atoms with van der Waals surface area (Å²) in [6.07, 6.45) is 12.4. The van der Waals surface area contributed by atoms with Crippen molar-refractivity contribution in [2.45, 2.75) is 43.5 Å². The molecule has 0 aliphatic heterocycles. The molecule has 0 radical (unpaired) electrons. The fraction of sp³-hybridized carbons (Fsp3) is 0.444. The molecule has 0 N–H and O–H groups in total. The molecule has 108 valence electrons. The van der Waals surface area contributed by atoms with Gasteiger partial charge in [0.25, 0.3) is 0 Å². The molecule has 1 aromatic carbocycles. The second kappa shape index (κ2) is 7.80. The summed E-state index contributed by atoms with van der Waals surface area (Å²) in [6, 6.07) is 10.5. The van der Waals surface area contributed by atoms with Gasteiger partial charge in [-0.2, -0.15) is 0 Å². The molecule has 1 aliphatic carbocycles. The van der Waals surface area contributed by atoms with Crippen molar-refractivity contribution in [3.63, 3.8) is 0 Å². The van der Waals surface area contributed by atoms with Crippen LogP contribution in [0.15, 0.2) is 48.6 Å². The first-order valence-corrected chi connectivity index (χ1v) is 8.30. The highest BCUT2D eigenvalue weighted by atomic mass is 79.9. The molecular formula is C18H23BrO. The van der Waals surface area contributed by atoms with E-state index in [-0.39, 0.29) is 4.51 Å². The number of allylic oxidation sites excluding steroid dienone is 2. The Morgan fingerprint density at radius 1 is 1.15 bits per heavy atom. The van der Waals surface area contributed by atoms with Gasteiger partial charge in [0.1, 0.15) is 4.51 Å². The van der Waals surface area contributed by atoms with E-state index >= 15 is 0 Å². The van der Waals surface area contributed by atoms with Crippen molar-refractivity contribution in [3.05, 3.63) is 54.1 Å². The first-order valence-electron chi connectivity index (χ1n) is 7.51. The van der Waals surface area contributed by atoms with Crippen molar-refractivity contribution in [2.75, 3.05) is 6.61 Å². The van der Waals surface area contributed by atoms with Crippen molar-refractivity contribution in [3.8, 4) is 0 Å². The lowest BCUT2D eigenvalue weighted by molar-refractivity contribution is 0.0635. The van der Waals surface area contributed by atoms with Crippen LogP contribution in [-0.4, -0.2) is 11.1 Å². The normalized spacial score (nSPS) is 21.8. The zero-order chi connectivity index (χ0) is 14.3. The number of halogens is 1. The SMILES string of the molecule is CCCCCCOC1(Br)C=CC(c2ccccc2)=CC1. The van der Waals surface area contributed by atoms with Crippen molar-refractivity contribution in [1.29, 1.82) is 0 Å². The number of ether oxygens (including phenoxy) is 1. The van der Waals surface area contributed by atoms with E-state index in [4.69, 9.17) is 4.74 Å². The van der Waals surface area contributed by atoms with Crippen molar-refractivity contribution < 1.29 is 4.74 Å². The summed E-state index contributed by atoms with van der Waals surface area (Å²) in [5, 5.41) is 0. The molecular weight excluding hydrogens is 312 g/mol. The molecule has 20 heavy (non-hydrogen) atoms. The number of unbranched alkanes of at least 4 members (excludes halogenated alkanes) is 3. The van der Waals surface area contributed by atoms with Crippen LogP contribution >= 0.6 is 15.9 Å². The van der Waals surface area contributed by atoms with Crippen LogP contribution in [0.1, 0.15) is 44.6 Å². The Bertz CT molecular complexity index is 464. The number of hydrogen-bond acceptors (Lipinski definition) is 1. The highest BCUT2D eigenvalue weighted by molar-refractivity contribution is 9.10. The van der Waals surface area contributed by atoms with Crippen LogP contribution in [0.5, 0.6) is 0 Å². The van der Waals surface area contributed by atoms with Gasteiger partial charge >= 0.3 is 0 Å². The van der Waals surface area contributed by atoms with Crippen LogP contribution in [0.3, 0.4) is 0 Å². The van der Waals surface area contributed by atoms with E-state index < -0.39 is 0 Å². The molecule has 0 fully saturated rings. The molecule has 2 heteroatoms. The minimum atomic E-state index is -0.308. The van der Waals surface area contributed by atoms with Crippen LogP contribution in [0, 0.1) is 0 Å². The van der Waals surface area contributed by atoms with Crippen LogP contribution in [0.25, 0.3) is 5.57 Å². The van der Waals surface area contributed by atoms with Crippen molar-refractivity contribution in [1.82, 2.24) is 0 Å². The maximum atomic E-state index is 5.99. The summed E-state index contributed by atoms with van der Waals surface area (Å²) in [6.45, 7) is 3.05. The quantitative estimate of drug-likeness (QED) is 0.457. The van der Waals surface area contributed by atoms with E-state index in [0.29, 0.717) is 0 Å². The molecule has 1 atom stereocenters. The first-order chi connectivity index (χ1) is 9.73. The topological polar surface area (TPSA) is 9.23 Å². The van der Waals surface area contributed by atoms with Crippen LogP contribution < -0.4 is 0 Å². The van der Waals surface area contributed by atoms with Gasteiger partial charge in [-0.15, -0.1) is 0 Å². The predicted octanol–water partition coefficient (Wildman–Crippen LogP) is 5.72. The second-order valence-corrected chi connectivity index (χ2v) is 6.60. The molecule has 0 amide bonds. The van der Waals surface area contributed by atoms with Gasteiger partial charge in [-0.1, -0.05) is 68.7 Å². The Morgan fingerprint density at radius 3 is 2.60 bits per heavy atom. The molecule has 1 nitrogen and oxygen atoms in total. The Morgan fingerprint density at radius 2 is 1.95 bits per heavy atom. The average molecular weight is 335 g/mol. The van der Waals surface area contributed by atoms with Gasteiger partial charge in [0.15, 0.2) is 0 Å². The molecule has 1 aromatic rings. The molecule has 1 unspecified atom stereocenters. The minimum Gasteiger partial charge on any atom is -0.360 e. The Hall–Kier alpha value is -0.860. The fourth-order valence-electron chi connectivity index (χ4n) is 2.32. The van der Waals surface area contributed by atoms with Gasteiger partial charge in [0.2, 0.25) is 0 Å². The maximum Gasteiger partial charge on any atom is 0.145 e. The van der Waals surface area contributed by atoms with Crippen molar-refractivity contribution >= 4 is 21.5 Å². The molecule has 1 aliphatic rings. The van der Waals surface area contributed by atoms with Gasteiger partial charge in [0, 0.05) is 13.0 Å². The van der Waals surface area contributed by atoms with E-state index in [2.05, 4.69) is 65.3 Å². The smallest absolute Gasteiger partial charge is 0.145 e. The lowest BCUT2D eigenvalue weighted by Crippen LogP contribution is -2.23. The molecule has 0 aromatic heterocycles. The van der Waals surface area contributed by atoms with Gasteiger partial charge in [-0.05, 0) is 39.6 Å². The van der Waals surface area contributed by atoms with Gasteiger partial charge in [0.05, 0.1) is 0 Å². The molecule has 2 rings (SSSR count). The van der Waals surface area contributed by atoms with Crippen LogP contribution in [-0.2, 0) is 4.74 Å². The zero-order valence-electron chi connectivity index (χ0n) is 12.1. The largest absolute Gasteiger partial charge is 0.360 e. The third kappa shape index (κ3) is 4.60. The standard InChI is InChI=1S/C18H23BrO/c1-2-3-4-8-15-20-18(19)13-11-17(12-14-18)16-9-6-5-7-10-16/h5-7,9-13H,2-4,8,14-15H2,1H3. The van der Waals surface area contributed by atoms with Crippen LogP contribution in [0.2, 0.25) is 0 Å². The summed E-state index contributed by atoms with van der Waals surface area (Å²) < 4.78 is 5.68. The zero-order valence-corrected chi connectivity index (χ0v) is 13.7. The third-order valence-electron chi connectivity index (χ3n) is 3.56. The van der Waals surface area contributed by atoms with E-state index in [1.807, 2.05) is 6.07 Å². The monoisotopic (exact) mass is 334 g/mol. The highest BCUT2D eigenvalue weighted by Gasteiger charge is 2.25. The molecule has 0 saturated heterocycles. The molecule has 0 bridgehead atoms. The first kappa shape index (κ1) is 15.5. The van der Waals surface area contributed by atoms with Gasteiger partial charge < -0.3 is 4.74 Å². The molecule has 0 spiro atoms. The number of rotatable bonds is 7. The second-order valence-electron chi connectivity index (χ2n) is 5.26. The summed E-state index contributed by atoms with van der Waals surface area (Å²) >= 11 is 3.71. The number of hydrogen-bond donors (Lipinski definition) is 0. The maximum absolute atomic E-state index is 5.99. The van der Waals surface area contributed by atoms with Crippen LogP contribution in [0.4, 0.5) is 0 Å². The third-order valence-corrected chi connectivity index (χ3v) is 4.38. The Kier molecular flexibility index (Phi) is 6.06. The summed E-state index contributed by atoms with van der Waals surface area (Å²) in [4.78, 5) is 0. The van der Waals surface area contributed by atoms with Gasteiger partial charge in [-0.3, -0.25) is 0 Å². The lowest BCUT2D eigenvalue weighted by atomic mass is 9.98. The summed E-state index contributed by atoms with van der Waals surface area (Å²) in [7, 11) is 0. The van der Waals surface area contributed by atoms with Gasteiger partial charge in [-0.25, -0.2) is 0 Å². The molecule has 0 saturated carbocycles. The van der Waals surface area contributed by atoms with E-state index in [1.165, 1.54) is 30.4 Å². The number of benzene rings is 1.